The van der Waals surface area contributed by atoms with Crippen molar-refractivity contribution >= 4 is 5.97 Å². The van der Waals surface area contributed by atoms with Gasteiger partial charge in [-0.2, -0.15) is 0 Å². The molecule has 0 amide bonds. The molecule has 0 heterocycles. The Morgan fingerprint density at radius 3 is 2.50 bits per heavy atom. The van der Waals surface area contributed by atoms with Crippen LogP contribution in [0.4, 0.5) is 0 Å². The third kappa shape index (κ3) is 3.26. The van der Waals surface area contributed by atoms with Crippen LogP contribution in [0.25, 0.3) is 0 Å². The van der Waals surface area contributed by atoms with Gasteiger partial charge in [0.2, 0.25) is 0 Å². The topological polar surface area (TPSA) is 46.5 Å². The minimum Gasteiger partial charge on any atom is -0.512 e. The van der Waals surface area contributed by atoms with E-state index in [1.165, 1.54) is 7.11 Å². The highest BCUT2D eigenvalue weighted by Crippen LogP contribution is 2.27. The normalized spacial score (nSPS) is 14.9. The van der Waals surface area contributed by atoms with Gasteiger partial charge in [0.25, 0.3) is 0 Å². The standard InChI is InChI=1S/C13H18O3/c1-9(2)12(8-13(15)16-3)10-4-6-11(14)7-5-10/h4,6,14H,5,7-8H2,1-3H3. The van der Waals surface area contributed by atoms with Crippen molar-refractivity contribution in [1.29, 1.82) is 0 Å². The van der Waals surface area contributed by atoms with Crippen LogP contribution in [-0.2, 0) is 9.53 Å². The number of carbonyl (C=O) groups is 1. The Morgan fingerprint density at radius 1 is 1.38 bits per heavy atom. The number of esters is 1. The number of ether oxygens (including phenoxy) is 1. The lowest BCUT2D eigenvalue weighted by Crippen LogP contribution is -2.06. The summed E-state index contributed by atoms with van der Waals surface area (Å²) < 4.78 is 4.68. The molecule has 16 heavy (non-hydrogen) atoms. The van der Waals surface area contributed by atoms with Crippen molar-refractivity contribution in [2.24, 2.45) is 0 Å². The number of aliphatic hydroxyl groups is 1. The van der Waals surface area contributed by atoms with E-state index in [9.17, 15) is 9.90 Å². The van der Waals surface area contributed by atoms with Gasteiger partial charge in [0, 0.05) is 6.42 Å². The van der Waals surface area contributed by atoms with Crippen LogP contribution in [0, 0.1) is 0 Å². The molecule has 0 atom stereocenters. The summed E-state index contributed by atoms with van der Waals surface area (Å²) in [6, 6.07) is 0. The van der Waals surface area contributed by atoms with Crippen molar-refractivity contribution in [1.82, 2.24) is 0 Å². The molecule has 0 bridgehead atoms. The Labute approximate surface area is 96.1 Å². The van der Waals surface area contributed by atoms with Crippen molar-refractivity contribution in [2.75, 3.05) is 7.11 Å². The Kier molecular flexibility index (Phi) is 4.35. The lowest BCUT2D eigenvalue weighted by atomic mass is 9.91. The third-order valence-corrected chi connectivity index (χ3v) is 2.67. The third-order valence-electron chi connectivity index (χ3n) is 2.67. The summed E-state index contributed by atoms with van der Waals surface area (Å²) in [6.07, 6.45) is 5.30. The summed E-state index contributed by atoms with van der Waals surface area (Å²) in [5.74, 6) is 0.172. The molecular formula is C13H18O3. The van der Waals surface area contributed by atoms with Gasteiger partial charge in [-0.15, -0.1) is 0 Å². The van der Waals surface area contributed by atoms with Gasteiger partial charge in [-0.1, -0.05) is 11.6 Å². The van der Waals surface area contributed by atoms with Crippen LogP contribution < -0.4 is 0 Å². The van der Waals surface area contributed by atoms with Gasteiger partial charge < -0.3 is 9.84 Å². The molecule has 1 N–H and O–H groups in total. The molecule has 0 aromatic heterocycles. The first-order valence-corrected chi connectivity index (χ1v) is 5.37. The van der Waals surface area contributed by atoms with Crippen LogP contribution >= 0.6 is 0 Å². The first-order valence-electron chi connectivity index (χ1n) is 5.37. The summed E-state index contributed by atoms with van der Waals surface area (Å²) in [6.45, 7) is 3.97. The molecule has 0 aliphatic heterocycles. The second kappa shape index (κ2) is 5.54. The molecule has 0 unspecified atom stereocenters. The van der Waals surface area contributed by atoms with E-state index >= 15 is 0 Å². The highest BCUT2D eigenvalue weighted by Gasteiger charge is 2.14. The number of methoxy groups -OCH3 is 1. The van der Waals surface area contributed by atoms with Gasteiger partial charge in [0.1, 0.15) is 0 Å². The quantitative estimate of drug-likeness (QED) is 0.746. The number of hydrogen-bond donors (Lipinski definition) is 1. The molecule has 0 aromatic rings. The largest absolute Gasteiger partial charge is 0.512 e. The van der Waals surface area contributed by atoms with E-state index in [1.807, 2.05) is 19.9 Å². The van der Waals surface area contributed by atoms with Crippen LogP contribution in [0.15, 0.2) is 34.6 Å². The molecule has 0 saturated carbocycles. The summed E-state index contributed by atoms with van der Waals surface area (Å²) in [7, 11) is 1.39. The molecule has 1 rings (SSSR count). The van der Waals surface area contributed by atoms with Crippen molar-refractivity contribution in [3.63, 3.8) is 0 Å². The first-order chi connectivity index (χ1) is 7.54. The molecule has 3 heteroatoms. The maximum atomic E-state index is 11.3. The molecule has 0 spiro atoms. The van der Waals surface area contributed by atoms with Crippen LogP contribution in [0.2, 0.25) is 0 Å². The average molecular weight is 222 g/mol. The molecule has 1 aliphatic carbocycles. The van der Waals surface area contributed by atoms with Crippen LogP contribution in [0.3, 0.4) is 0 Å². The van der Waals surface area contributed by atoms with Crippen molar-refractivity contribution in [3.05, 3.63) is 34.6 Å². The van der Waals surface area contributed by atoms with Gasteiger partial charge in [-0.3, -0.25) is 4.79 Å². The van der Waals surface area contributed by atoms with Crippen LogP contribution in [-0.4, -0.2) is 18.2 Å². The maximum Gasteiger partial charge on any atom is 0.309 e. The molecule has 88 valence electrons. The molecule has 1 aliphatic rings. The van der Waals surface area contributed by atoms with Crippen molar-refractivity contribution in [2.45, 2.75) is 33.1 Å². The fourth-order valence-electron chi connectivity index (χ4n) is 1.71. The molecule has 0 radical (unpaired) electrons. The van der Waals surface area contributed by atoms with Crippen LogP contribution in [0.5, 0.6) is 0 Å². The zero-order valence-corrected chi connectivity index (χ0v) is 10.0. The summed E-state index contributed by atoms with van der Waals surface area (Å²) in [5.41, 5.74) is 3.25. The highest BCUT2D eigenvalue weighted by atomic mass is 16.5. The van der Waals surface area contributed by atoms with E-state index in [2.05, 4.69) is 4.74 Å². The lowest BCUT2D eigenvalue weighted by molar-refractivity contribution is -0.139. The molecule has 0 saturated heterocycles. The minimum absolute atomic E-state index is 0.226. The maximum absolute atomic E-state index is 11.3. The summed E-state index contributed by atoms with van der Waals surface area (Å²) in [5, 5.41) is 9.28. The minimum atomic E-state index is -0.226. The summed E-state index contributed by atoms with van der Waals surface area (Å²) >= 11 is 0. The van der Waals surface area contributed by atoms with E-state index in [0.29, 0.717) is 18.6 Å². The number of carbonyl (C=O) groups excluding carboxylic acids is 1. The zero-order chi connectivity index (χ0) is 12.1. The van der Waals surface area contributed by atoms with Gasteiger partial charge in [0.15, 0.2) is 0 Å². The van der Waals surface area contributed by atoms with E-state index in [0.717, 1.165) is 23.1 Å². The SMILES string of the molecule is COC(=O)CC(C1=CC=C(O)CC1)=C(C)C. The Bertz CT molecular complexity index is 369. The van der Waals surface area contributed by atoms with Gasteiger partial charge in [-0.05, 0) is 37.5 Å². The number of allylic oxidation sites excluding steroid dienone is 5. The van der Waals surface area contributed by atoms with E-state index in [4.69, 9.17) is 0 Å². The summed E-state index contributed by atoms with van der Waals surface area (Å²) in [4.78, 5) is 11.3. The van der Waals surface area contributed by atoms with E-state index in [1.54, 1.807) is 6.08 Å². The average Bonchev–Trinajstić information content (AvgIpc) is 2.26. The van der Waals surface area contributed by atoms with E-state index in [-0.39, 0.29) is 5.97 Å². The van der Waals surface area contributed by atoms with Gasteiger partial charge in [-0.25, -0.2) is 0 Å². The Morgan fingerprint density at radius 2 is 2.06 bits per heavy atom. The van der Waals surface area contributed by atoms with Gasteiger partial charge >= 0.3 is 5.97 Å². The number of hydrogen-bond acceptors (Lipinski definition) is 3. The zero-order valence-electron chi connectivity index (χ0n) is 10.0. The molecule has 0 fully saturated rings. The highest BCUT2D eigenvalue weighted by molar-refractivity contribution is 5.74. The molecule has 3 nitrogen and oxygen atoms in total. The smallest absolute Gasteiger partial charge is 0.309 e. The lowest BCUT2D eigenvalue weighted by Gasteiger charge is -2.16. The van der Waals surface area contributed by atoms with Gasteiger partial charge in [0.05, 0.1) is 19.3 Å². The molecule has 0 aromatic carbocycles. The Balaban J connectivity index is 2.89. The second-order valence-corrected chi connectivity index (χ2v) is 4.08. The van der Waals surface area contributed by atoms with Crippen molar-refractivity contribution < 1.29 is 14.6 Å². The number of aliphatic hydroxyl groups excluding tert-OH is 1. The Hall–Kier alpha value is -1.51. The predicted octanol–water partition coefficient (Wildman–Crippen LogP) is 3.05. The number of rotatable bonds is 3. The fourth-order valence-corrected chi connectivity index (χ4v) is 1.71. The predicted molar refractivity (Wildman–Crippen MR) is 63.0 cm³/mol. The van der Waals surface area contributed by atoms with Crippen molar-refractivity contribution in [3.8, 4) is 0 Å². The fraction of sp³-hybridized carbons (Fsp3) is 0.462. The van der Waals surface area contributed by atoms with Crippen LogP contribution in [0.1, 0.15) is 33.1 Å². The van der Waals surface area contributed by atoms with E-state index < -0.39 is 0 Å². The first kappa shape index (κ1) is 12.6. The second-order valence-electron chi connectivity index (χ2n) is 4.08. The molecular weight excluding hydrogens is 204 g/mol. The monoisotopic (exact) mass is 222 g/mol.